The summed E-state index contributed by atoms with van der Waals surface area (Å²) >= 11 is 1.43. The zero-order valence-corrected chi connectivity index (χ0v) is 15.2. The van der Waals surface area contributed by atoms with E-state index in [1.807, 2.05) is 19.1 Å². The molecule has 0 aliphatic heterocycles. The van der Waals surface area contributed by atoms with Crippen LogP contribution in [0.3, 0.4) is 0 Å². The molecular weight excluding hydrogens is 338 g/mol. The molecule has 0 spiro atoms. The first-order chi connectivity index (χ1) is 12.3. The third kappa shape index (κ3) is 5.27. The molecule has 7 nitrogen and oxygen atoms in total. The standard InChI is InChI=1S/C17H23N5O2S/c1-2-24-11-3-10-22-16(13-6-8-18-9-7-13)20-21-17(22)25-12-15(23)19-14-4-5-14/h6-9,14H,2-5,10-12H2,1H3,(H,19,23). The monoisotopic (exact) mass is 361 g/mol. The third-order valence-electron chi connectivity index (χ3n) is 3.80. The summed E-state index contributed by atoms with van der Waals surface area (Å²) in [5, 5.41) is 12.4. The quantitative estimate of drug-likeness (QED) is 0.516. The Hall–Kier alpha value is -1.93. The largest absolute Gasteiger partial charge is 0.382 e. The predicted octanol–water partition coefficient (Wildman–Crippen LogP) is 2.14. The van der Waals surface area contributed by atoms with E-state index in [4.69, 9.17) is 4.74 Å². The second kappa shape index (κ2) is 8.96. The molecule has 2 aromatic rings. The number of thioether (sulfide) groups is 1. The molecule has 8 heteroatoms. The Morgan fingerprint density at radius 1 is 1.36 bits per heavy atom. The molecule has 1 saturated carbocycles. The lowest BCUT2D eigenvalue weighted by atomic mass is 10.2. The Bertz CT molecular complexity index is 688. The maximum Gasteiger partial charge on any atom is 0.230 e. The number of nitrogens with one attached hydrogen (secondary N) is 1. The first-order valence-electron chi connectivity index (χ1n) is 8.61. The van der Waals surface area contributed by atoms with E-state index in [2.05, 4.69) is 25.1 Å². The number of nitrogens with zero attached hydrogens (tertiary/aromatic N) is 4. The maximum atomic E-state index is 11.9. The number of rotatable bonds is 10. The second-order valence-corrected chi connectivity index (χ2v) is 6.82. The van der Waals surface area contributed by atoms with E-state index in [0.29, 0.717) is 25.0 Å². The van der Waals surface area contributed by atoms with Gasteiger partial charge in [0.2, 0.25) is 5.91 Å². The van der Waals surface area contributed by atoms with E-state index in [1.165, 1.54) is 11.8 Å². The van der Waals surface area contributed by atoms with E-state index in [1.54, 1.807) is 12.4 Å². The summed E-state index contributed by atoms with van der Waals surface area (Å²) in [6.45, 7) is 4.14. The van der Waals surface area contributed by atoms with Crippen molar-refractivity contribution in [1.82, 2.24) is 25.1 Å². The number of carbonyl (C=O) groups is 1. The Labute approximate surface area is 151 Å². The Morgan fingerprint density at radius 3 is 2.88 bits per heavy atom. The highest BCUT2D eigenvalue weighted by molar-refractivity contribution is 7.99. The lowest BCUT2D eigenvalue weighted by Gasteiger charge is -2.10. The Balaban J connectivity index is 1.69. The fourth-order valence-corrected chi connectivity index (χ4v) is 3.18. The fraction of sp³-hybridized carbons (Fsp3) is 0.529. The van der Waals surface area contributed by atoms with Gasteiger partial charge >= 0.3 is 0 Å². The van der Waals surface area contributed by atoms with E-state index < -0.39 is 0 Å². The molecule has 0 unspecified atom stereocenters. The van der Waals surface area contributed by atoms with Gasteiger partial charge in [-0.3, -0.25) is 9.78 Å². The number of ether oxygens (including phenoxy) is 1. The van der Waals surface area contributed by atoms with Gasteiger partial charge in [-0.05, 0) is 38.3 Å². The van der Waals surface area contributed by atoms with Gasteiger partial charge in [-0.25, -0.2) is 0 Å². The summed E-state index contributed by atoms with van der Waals surface area (Å²) in [4.78, 5) is 16.0. The number of hydrogen-bond donors (Lipinski definition) is 1. The van der Waals surface area contributed by atoms with Crippen molar-refractivity contribution >= 4 is 17.7 Å². The zero-order valence-electron chi connectivity index (χ0n) is 14.4. The lowest BCUT2D eigenvalue weighted by Crippen LogP contribution is -2.27. The highest BCUT2D eigenvalue weighted by Gasteiger charge is 2.23. The molecule has 3 rings (SSSR count). The normalized spacial score (nSPS) is 13.8. The minimum Gasteiger partial charge on any atom is -0.382 e. The fourth-order valence-electron chi connectivity index (χ4n) is 2.41. The third-order valence-corrected chi connectivity index (χ3v) is 4.77. The number of carbonyl (C=O) groups excluding carboxylic acids is 1. The van der Waals surface area contributed by atoms with Gasteiger partial charge in [-0.1, -0.05) is 11.8 Å². The van der Waals surface area contributed by atoms with Crippen molar-refractivity contribution in [2.24, 2.45) is 0 Å². The smallest absolute Gasteiger partial charge is 0.230 e. The van der Waals surface area contributed by atoms with Crippen LogP contribution in [0.15, 0.2) is 29.7 Å². The molecule has 0 radical (unpaired) electrons. The van der Waals surface area contributed by atoms with E-state index >= 15 is 0 Å². The van der Waals surface area contributed by atoms with Crippen LogP contribution in [0.2, 0.25) is 0 Å². The molecule has 0 aromatic carbocycles. The summed E-state index contributed by atoms with van der Waals surface area (Å²) < 4.78 is 7.49. The van der Waals surface area contributed by atoms with Crippen molar-refractivity contribution in [1.29, 1.82) is 0 Å². The number of pyridine rings is 1. The Kier molecular flexibility index (Phi) is 6.41. The molecule has 1 aliphatic rings. The van der Waals surface area contributed by atoms with Crippen LogP contribution >= 0.6 is 11.8 Å². The molecule has 1 aliphatic carbocycles. The average molecular weight is 361 g/mol. The summed E-state index contributed by atoms with van der Waals surface area (Å²) in [6.07, 6.45) is 6.53. The van der Waals surface area contributed by atoms with Crippen LogP contribution in [-0.2, 0) is 16.1 Å². The summed E-state index contributed by atoms with van der Waals surface area (Å²) in [5.41, 5.74) is 0.966. The highest BCUT2D eigenvalue weighted by atomic mass is 32.2. The van der Waals surface area contributed by atoms with Crippen molar-refractivity contribution in [3.8, 4) is 11.4 Å². The minimum absolute atomic E-state index is 0.0572. The second-order valence-electron chi connectivity index (χ2n) is 5.87. The molecule has 2 aromatic heterocycles. The van der Waals surface area contributed by atoms with Crippen molar-refractivity contribution < 1.29 is 9.53 Å². The molecule has 2 heterocycles. The first-order valence-corrected chi connectivity index (χ1v) is 9.60. The molecule has 134 valence electrons. The molecule has 1 fully saturated rings. The SMILES string of the molecule is CCOCCCn1c(SCC(=O)NC2CC2)nnc1-c1ccncc1. The van der Waals surface area contributed by atoms with Crippen LogP contribution in [0.5, 0.6) is 0 Å². The number of hydrogen-bond acceptors (Lipinski definition) is 6. The maximum absolute atomic E-state index is 11.9. The van der Waals surface area contributed by atoms with Crippen LogP contribution in [0.1, 0.15) is 26.2 Å². The van der Waals surface area contributed by atoms with Crippen LogP contribution in [0, 0.1) is 0 Å². The van der Waals surface area contributed by atoms with Crippen LogP contribution < -0.4 is 5.32 Å². The van der Waals surface area contributed by atoms with Gasteiger partial charge in [0, 0.05) is 43.8 Å². The van der Waals surface area contributed by atoms with Crippen LogP contribution in [-0.4, -0.2) is 50.7 Å². The highest BCUT2D eigenvalue weighted by Crippen LogP contribution is 2.24. The number of amides is 1. The molecule has 0 atom stereocenters. The topological polar surface area (TPSA) is 81.9 Å². The van der Waals surface area contributed by atoms with Gasteiger partial charge < -0.3 is 14.6 Å². The van der Waals surface area contributed by atoms with E-state index in [-0.39, 0.29) is 5.91 Å². The van der Waals surface area contributed by atoms with Crippen LogP contribution in [0.4, 0.5) is 0 Å². The van der Waals surface area contributed by atoms with Crippen LogP contribution in [0.25, 0.3) is 11.4 Å². The zero-order chi connectivity index (χ0) is 17.5. The van der Waals surface area contributed by atoms with Crippen molar-refractivity contribution in [2.45, 2.75) is 43.9 Å². The van der Waals surface area contributed by atoms with Gasteiger partial charge in [0.05, 0.1) is 5.75 Å². The van der Waals surface area contributed by atoms with Crippen molar-refractivity contribution in [3.05, 3.63) is 24.5 Å². The van der Waals surface area contributed by atoms with Gasteiger partial charge in [0.1, 0.15) is 0 Å². The summed E-state index contributed by atoms with van der Waals surface area (Å²) in [6, 6.07) is 4.21. The molecular formula is C17H23N5O2S. The minimum atomic E-state index is 0.0572. The lowest BCUT2D eigenvalue weighted by molar-refractivity contribution is -0.118. The molecule has 0 saturated heterocycles. The summed E-state index contributed by atoms with van der Waals surface area (Å²) in [7, 11) is 0. The summed E-state index contributed by atoms with van der Waals surface area (Å²) in [5.74, 6) is 1.21. The predicted molar refractivity (Wildman–Crippen MR) is 96.3 cm³/mol. The number of aromatic nitrogens is 4. The Morgan fingerprint density at radius 2 is 2.16 bits per heavy atom. The van der Waals surface area contributed by atoms with Gasteiger partial charge in [0.15, 0.2) is 11.0 Å². The molecule has 0 bridgehead atoms. The van der Waals surface area contributed by atoms with E-state index in [9.17, 15) is 4.79 Å². The van der Waals surface area contributed by atoms with E-state index in [0.717, 1.165) is 42.4 Å². The van der Waals surface area contributed by atoms with Crippen molar-refractivity contribution in [2.75, 3.05) is 19.0 Å². The van der Waals surface area contributed by atoms with Crippen molar-refractivity contribution in [3.63, 3.8) is 0 Å². The molecule has 1 N–H and O–H groups in total. The molecule has 25 heavy (non-hydrogen) atoms. The first kappa shape index (κ1) is 17.9. The van der Waals surface area contributed by atoms with Gasteiger partial charge in [0.25, 0.3) is 0 Å². The van der Waals surface area contributed by atoms with Gasteiger partial charge in [-0.2, -0.15) is 0 Å². The average Bonchev–Trinajstić information content (AvgIpc) is 3.35. The van der Waals surface area contributed by atoms with Gasteiger partial charge in [-0.15, -0.1) is 10.2 Å². The molecule has 1 amide bonds.